The highest BCUT2D eigenvalue weighted by Crippen LogP contribution is 2.50. The zero-order valence-electron chi connectivity index (χ0n) is 16.4. The second-order valence-corrected chi connectivity index (χ2v) is 7.77. The minimum absolute atomic E-state index is 0.241. The molecule has 0 amide bonds. The summed E-state index contributed by atoms with van der Waals surface area (Å²) >= 11 is 0. The van der Waals surface area contributed by atoms with Crippen LogP contribution in [-0.4, -0.2) is 17.5 Å². The van der Waals surface area contributed by atoms with E-state index in [0.29, 0.717) is 18.0 Å². The molecule has 2 unspecified atom stereocenters. The van der Waals surface area contributed by atoms with E-state index in [-0.39, 0.29) is 11.7 Å². The maximum atomic E-state index is 14.5. The lowest BCUT2D eigenvalue weighted by molar-refractivity contribution is 0.189. The van der Waals surface area contributed by atoms with E-state index >= 15 is 0 Å². The molecule has 0 bridgehead atoms. The molecule has 1 aliphatic rings. The average molecular weight is 365 g/mol. The van der Waals surface area contributed by atoms with Crippen LogP contribution in [-0.2, 0) is 12.0 Å². The van der Waals surface area contributed by atoms with Crippen LogP contribution in [0.5, 0.6) is 0 Å². The quantitative estimate of drug-likeness (QED) is 0.572. The Morgan fingerprint density at radius 3 is 2.41 bits per heavy atom. The van der Waals surface area contributed by atoms with Crippen molar-refractivity contribution in [2.24, 2.45) is 5.92 Å². The molecular formula is C24H29FN2. The van der Waals surface area contributed by atoms with Gasteiger partial charge in [-0.15, -0.1) is 0 Å². The predicted molar refractivity (Wildman–Crippen MR) is 108 cm³/mol. The van der Waals surface area contributed by atoms with Gasteiger partial charge in [-0.3, -0.25) is 4.90 Å². The van der Waals surface area contributed by atoms with Crippen molar-refractivity contribution < 1.29 is 4.39 Å². The summed E-state index contributed by atoms with van der Waals surface area (Å²) in [5, 5.41) is 10.1. The molecule has 3 rings (SSSR count). The largest absolute Gasteiger partial charge is 0.297 e. The molecular weight excluding hydrogens is 335 g/mol. The van der Waals surface area contributed by atoms with Crippen LogP contribution in [0.1, 0.15) is 50.7 Å². The molecule has 1 fully saturated rings. The summed E-state index contributed by atoms with van der Waals surface area (Å²) in [6, 6.07) is 20.2. The summed E-state index contributed by atoms with van der Waals surface area (Å²) in [4.78, 5) is 2.44. The Morgan fingerprint density at radius 1 is 1.15 bits per heavy atom. The van der Waals surface area contributed by atoms with Crippen molar-refractivity contribution in [1.82, 2.24) is 4.90 Å². The standard InChI is InChI=1S/C24H29FN2/c1-3-27(17-20-9-5-4-6-10-20)19(2)15-16-24(18-26,21-13-14-21)22-11-7-8-12-23(22)25/h4-12,19,21H,3,13-17H2,1-2H3. The molecule has 0 aliphatic heterocycles. The Bertz CT molecular complexity index is 778. The molecule has 3 heteroatoms. The Hall–Kier alpha value is -2.18. The topological polar surface area (TPSA) is 27.0 Å². The van der Waals surface area contributed by atoms with Gasteiger partial charge in [0.2, 0.25) is 0 Å². The first-order chi connectivity index (χ1) is 13.1. The fourth-order valence-corrected chi connectivity index (χ4v) is 4.18. The van der Waals surface area contributed by atoms with Crippen molar-refractivity contribution in [2.45, 2.75) is 57.5 Å². The van der Waals surface area contributed by atoms with Gasteiger partial charge in [-0.25, -0.2) is 4.39 Å². The van der Waals surface area contributed by atoms with E-state index in [1.807, 2.05) is 18.2 Å². The normalized spacial score (nSPS) is 17.3. The third-order valence-corrected chi connectivity index (χ3v) is 6.04. The van der Waals surface area contributed by atoms with Crippen LogP contribution in [0.3, 0.4) is 0 Å². The highest BCUT2D eigenvalue weighted by molar-refractivity contribution is 5.36. The monoisotopic (exact) mass is 364 g/mol. The van der Waals surface area contributed by atoms with Gasteiger partial charge in [0.15, 0.2) is 0 Å². The molecule has 1 aliphatic carbocycles. The molecule has 0 heterocycles. The van der Waals surface area contributed by atoms with E-state index < -0.39 is 5.41 Å². The lowest BCUT2D eigenvalue weighted by atomic mass is 9.73. The number of halogens is 1. The maximum absolute atomic E-state index is 14.5. The van der Waals surface area contributed by atoms with Crippen molar-refractivity contribution in [2.75, 3.05) is 6.54 Å². The van der Waals surface area contributed by atoms with Crippen molar-refractivity contribution in [3.63, 3.8) is 0 Å². The Morgan fingerprint density at radius 2 is 1.81 bits per heavy atom. The molecule has 2 aromatic rings. The van der Waals surface area contributed by atoms with Gasteiger partial charge < -0.3 is 0 Å². The van der Waals surface area contributed by atoms with Gasteiger partial charge in [-0.2, -0.15) is 5.26 Å². The zero-order valence-corrected chi connectivity index (χ0v) is 16.4. The predicted octanol–water partition coefficient (Wildman–Crippen LogP) is 5.69. The van der Waals surface area contributed by atoms with Crippen LogP contribution in [0.25, 0.3) is 0 Å². The molecule has 0 radical (unpaired) electrons. The van der Waals surface area contributed by atoms with Crippen LogP contribution in [0.2, 0.25) is 0 Å². The minimum atomic E-state index is -0.689. The summed E-state index contributed by atoms with van der Waals surface area (Å²) in [5.74, 6) is 0.0473. The van der Waals surface area contributed by atoms with E-state index in [1.165, 1.54) is 11.6 Å². The number of rotatable bonds is 9. The number of benzene rings is 2. The summed E-state index contributed by atoms with van der Waals surface area (Å²) in [6.45, 7) is 6.26. The van der Waals surface area contributed by atoms with Crippen molar-refractivity contribution >= 4 is 0 Å². The van der Waals surface area contributed by atoms with Gasteiger partial charge >= 0.3 is 0 Å². The molecule has 0 aromatic heterocycles. The highest BCUT2D eigenvalue weighted by Gasteiger charge is 2.48. The second-order valence-electron chi connectivity index (χ2n) is 7.77. The molecule has 0 spiro atoms. The summed E-state index contributed by atoms with van der Waals surface area (Å²) in [7, 11) is 0. The highest BCUT2D eigenvalue weighted by atomic mass is 19.1. The lowest BCUT2D eigenvalue weighted by Crippen LogP contribution is -2.36. The van der Waals surface area contributed by atoms with E-state index in [9.17, 15) is 9.65 Å². The van der Waals surface area contributed by atoms with Gasteiger partial charge in [0.1, 0.15) is 5.82 Å². The maximum Gasteiger partial charge on any atom is 0.128 e. The minimum Gasteiger partial charge on any atom is -0.297 e. The lowest BCUT2D eigenvalue weighted by Gasteiger charge is -2.33. The third-order valence-electron chi connectivity index (χ3n) is 6.04. The fraction of sp³-hybridized carbons (Fsp3) is 0.458. The first kappa shape index (κ1) is 19.6. The smallest absolute Gasteiger partial charge is 0.128 e. The van der Waals surface area contributed by atoms with Gasteiger partial charge in [0.25, 0.3) is 0 Å². The SMILES string of the molecule is CCN(Cc1ccccc1)C(C)CCC(C#N)(c1ccccc1F)C1CC1. The van der Waals surface area contributed by atoms with Crippen LogP contribution in [0.15, 0.2) is 54.6 Å². The molecule has 142 valence electrons. The number of hydrogen-bond donors (Lipinski definition) is 0. The van der Waals surface area contributed by atoms with Gasteiger partial charge in [-0.05, 0) is 56.7 Å². The van der Waals surface area contributed by atoms with Gasteiger partial charge in [0, 0.05) is 18.2 Å². The van der Waals surface area contributed by atoms with Crippen molar-refractivity contribution in [1.29, 1.82) is 5.26 Å². The summed E-state index contributed by atoms with van der Waals surface area (Å²) in [5.41, 5.74) is 1.20. The Kier molecular flexibility index (Phi) is 6.29. The summed E-state index contributed by atoms with van der Waals surface area (Å²) < 4.78 is 14.5. The third kappa shape index (κ3) is 4.39. The molecule has 2 nitrogen and oxygen atoms in total. The Balaban J connectivity index is 1.73. The van der Waals surface area contributed by atoms with Gasteiger partial charge in [-0.1, -0.05) is 55.5 Å². The molecule has 0 saturated heterocycles. The van der Waals surface area contributed by atoms with Crippen molar-refractivity contribution in [3.8, 4) is 6.07 Å². The van der Waals surface area contributed by atoms with Crippen molar-refractivity contribution in [3.05, 3.63) is 71.5 Å². The number of nitrogens with zero attached hydrogens (tertiary/aromatic N) is 2. The zero-order chi connectivity index (χ0) is 19.3. The summed E-state index contributed by atoms with van der Waals surface area (Å²) in [6.07, 6.45) is 3.65. The van der Waals surface area contributed by atoms with Gasteiger partial charge in [0.05, 0.1) is 11.5 Å². The van der Waals surface area contributed by atoms with Crippen LogP contribution in [0, 0.1) is 23.1 Å². The second kappa shape index (κ2) is 8.67. The first-order valence-corrected chi connectivity index (χ1v) is 10.0. The first-order valence-electron chi connectivity index (χ1n) is 10.0. The molecule has 2 atom stereocenters. The van der Waals surface area contributed by atoms with E-state index in [1.54, 1.807) is 6.07 Å². The van der Waals surface area contributed by atoms with E-state index in [0.717, 1.165) is 32.4 Å². The average Bonchev–Trinajstić information content (AvgIpc) is 3.54. The molecule has 1 saturated carbocycles. The number of nitriles is 1. The van der Waals surface area contributed by atoms with Crippen LogP contribution < -0.4 is 0 Å². The van der Waals surface area contributed by atoms with Crippen LogP contribution in [0.4, 0.5) is 4.39 Å². The van der Waals surface area contributed by atoms with Crippen LogP contribution >= 0.6 is 0 Å². The molecule has 2 aromatic carbocycles. The number of hydrogen-bond acceptors (Lipinski definition) is 2. The Labute approximate surface area is 162 Å². The van der Waals surface area contributed by atoms with E-state index in [2.05, 4.69) is 49.1 Å². The molecule has 27 heavy (non-hydrogen) atoms. The van der Waals surface area contributed by atoms with E-state index in [4.69, 9.17) is 0 Å². The molecule has 0 N–H and O–H groups in total. The fourth-order valence-electron chi connectivity index (χ4n) is 4.18.